The summed E-state index contributed by atoms with van der Waals surface area (Å²) in [4.78, 5) is 49.0. The van der Waals surface area contributed by atoms with Gasteiger partial charge in [0.2, 0.25) is 11.8 Å². The Hall–Kier alpha value is -3.75. The molecule has 2 unspecified atom stereocenters. The van der Waals surface area contributed by atoms with Crippen molar-refractivity contribution < 1.29 is 24.2 Å². The number of hydrogen-bond donors (Lipinski definition) is 1. The highest BCUT2D eigenvalue weighted by Crippen LogP contribution is 2.59. The van der Waals surface area contributed by atoms with E-state index in [4.69, 9.17) is 4.74 Å². The van der Waals surface area contributed by atoms with Gasteiger partial charge in [-0.05, 0) is 61.9 Å². The molecule has 44 heavy (non-hydrogen) atoms. The van der Waals surface area contributed by atoms with Crippen molar-refractivity contribution in [3.05, 3.63) is 85.0 Å². The van der Waals surface area contributed by atoms with Crippen molar-refractivity contribution in [3.8, 4) is 0 Å². The summed E-state index contributed by atoms with van der Waals surface area (Å²) in [5, 5.41) is 10.7. The van der Waals surface area contributed by atoms with Gasteiger partial charge in [0.15, 0.2) is 0 Å². The molecule has 0 aromatic heterocycles. The molecular formula is C36H45N3O5. The molecule has 3 fully saturated rings. The van der Waals surface area contributed by atoms with E-state index in [-0.39, 0.29) is 43.3 Å². The Morgan fingerprint density at radius 2 is 1.77 bits per heavy atom. The number of anilines is 2. The number of aryl methyl sites for hydroxylation is 2. The van der Waals surface area contributed by atoms with Crippen LogP contribution in [0.4, 0.5) is 11.4 Å². The van der Waals surface area contributed by atoms with Gasteiger partial charge in [-0.1, -0.05) is 62.8 Å². The van der Waals surface area contributed by atoms with E-state index in [2.05, 4.69) is 13.2 Å². The number of amides is 3. The van der Waals surface area contributed by atoms with Crippen LogP contribution in [0.5, 0.6) is 0 Å². The van der Waals surface area contributed by atoms with Gasteiger partial charge in [0.1, 0.15) is 11.6 Å². The lowest BCUT2D eigenvalue weighted by Crippen LogP contribution is -2.60. The molecule has 1 spiro atoms. The van der Waals surface area contributed by atoms with Crippen molar-refractivity contribution in [1.29, 1.82) is 0 Å². The molecule has 3 aliphatic rings. The molecule has 8 nitrogen and oxygen atoms in total. The van der Waals surface area contributed by atoms with Crippen molar-refractivity contribution in [2.45, 2.75) is 70.7 Å². The Morgan fingerprint density at radius 1 is 1.09 bits per heavy atom. The Labute approximate surface area is 261 Å². The van der Waals surface area contributed by atoms with Crippen molar-refractivity contribution >= 4 is 29.1 Å². The van der Waals surface area contributed by atoms with Gasteiger partial charge in [0.05, 0.1) is 30.6 Å². The number of carbonyl (C=O) groups is 3. The zero-order chi connectivity index (χ0) is 31.8. The number of benzene rings is 2. The lowest BCUT2D eigenvalue weighted by molar-refractivity contribution is -0.145. The van der Waals surface area contributed by atoms with Crippen molar-refractivity contribution in [3.63, 3.8) is 0 Å². The predicted molar refractivity (Wildman–Crippen MR) is 172 cm³/mol. The van der Waals surface area contributed by atoms with Crippen molar-refractivity contribution in [2.24, 2.45) is 17.8 Å². The predicted octanol–water partition coefficient (Wildman–Crippen LogP) is 4.82. The number of aliphatic hydroxyl groups excluding tert-OH is 1. The van der Waals surface area contributed by atoms with E-state index in [1.807, 2.05) is 76.2 Å². The summed E-state index contributed by atoms with van der Waals surface area (Å²) >= 11 is 0. The summed E-state index contributed by atoms with van der Waals surface area (Å²) in [6.07, 6.45) is 4.60. The van der Waals surface area contributed by atoms with Gasteiger partial charge < -0.3 is 24.5 Å². The summed E-state index contributed by atoms with van der Waals surface area (Å²) < 4.78 is 6.75. The highest BCUT2D eigenvalue weighted by molar-refractivity contribution is 6.07. The smallest absolute Gasteiger partial charge is 0.253 e. The van der Waals surface area contributed by atoms with E-state index < -0.39 is 35.6 Å². The highest BCUT2D eigenvalue weighted by Gasteiger charge is 2.75. The minimum atomic E-state index is -1.19. The van der Waals surface area contributed by atoms with Gasteiger partial charge in [0.25, 0.3) is 5.91 Å². The summed E-state index contributed by atoms with van der Waals surface area (Å²) in [6.45, 7) is 15.9. The van der Waals surface area contributed by atoms with Crippen LogP contribution in [0, 0.1) is 31.6 Å². The Kier molecular flexibility index (Phi) is 9.14. The maximum atomic E-state index is 15.0. The molecule has 0 aliphatic carbocycles. The molecule has 0 radical (unpaired) electrons. The molecule has 3 heterocycles. The Balaban J connectivity index is 1.63. The van der Waals surface area contributed by atoms with Crippen LogP contribution in [0.15, 0.2) is 73.8 Å². The van der Waals surface area contributed by atoms with Crippen LogP contribution < -0.4 is 9.80 Å². The van der Waals surface area contributed by atoms with Crippen LogP contribution in [0.25, 0.3) is 0 Å². The minimum absolute atomic E-state index is 0.0871. The third-order valence-corrected chi connectivity index (χ3v) is 9.98. The van der Waals surface area contributed by atoms with Gasteiger partial charge >= 0.3 is 0 Å². The van der Waals surface area contributed by atoms with Crippen LogP contribution in [0.2, 0.25) is 0 Å². The number of rotatable bonds is 12. The molecule has 234 valence electrons. The number of fused-ring (bicyclic) bond motifs is 1. The fourth-order valence-corrected chi connectivity index (χ4v) is 7.66. The molecule has 2 aromatic rings. The molecule has 2 bridgehead atoms. The Bertz CT molecular complexity index is 1430. The fourth-order valence-electron chi connectivity index (χ4n) is 7.66. The van der Waals surface area contributed by atoms with Crippen LogP contribution in [0.1, 0.15) is 44.2 Å². The molecule has 2 aromatic carbocycles. The number of hydrogen-bond acceptors (Lipinski definition) is 5. The third kappa shape index (κ3) is 5.08. The zero-order valence-corrected chi connectivity index (χ0v) is 26.3. The highest BCUT2D eigenvalue weighted by atomic mass is 16.5. The molecular weight excluding hydrogens is 554 g/mol. The number of para-hydroxylation sites is 1. The number of nitrogens with zero attached hydrogens (tertiary/aromatic N) is 3. The van der Waals surface area contributed by atoms with Gasteiger partial charge in [-0.3, -0.25) is 14.4 Å². The lowest BCUT2D eigenvalue weighted by Gasteiger charge is -2.41. The number of aliphatic hydroxyl groups is 1. The van der Waals surface area contributed by atoms with Gasteiger partial charge in [-0.25, -0.2) is 0 Å². The first kappa shape index (κ1) is 31.7. The summed E-state index contributed by atoms with van der Waals surface area (Å²) in [6, 6.07) is 13.7. The molecule has 3 saturated heterocycles. The first-order valence-electron chi connectivity index (χ1n) is 15.7. The van der Waals surface area contributed by atoms with Gasteiger partial charge in [-0.15, -0.1) is 13.2 Å². The maximum absolute atomic E-state index is 15.0. The first-order valence-corrected chi connectivity index (χ1v) is 15.7. The number of ether oxygens (including phenoxy) is 1. The van der Waals surface area contributed by atoms with Crippen molar-refractivity contribution in [1.82, 2.24) is 4.90 Å². The van der Waals surface area contributed by atoms with Crippen LogP contribution >= 0.6 is 0 Å². The largest absolute Gasteiger partial charge is 0.394 e. The molecule has 8 heteroatoms. The molecule has 3 amide bonds. The normalized spacial score (nSPS) is 26.7. The summed E-state index contributed by atoms with van der Waals surface area (Å²) in [5.74, 6) is -2.49. The summed E-state index contributed by atoms with van der Waals surface area (Å²) in [5.41, 5.74) is 2.19. The monoisotopic (exact) mass is 599 g/mol. The molecule has 1 N–H and O–H groups in total. The quantitative estimate of drug-likeness (QED) is 0.353. The van der Waals surface area contributed by atoms with E-state index in [0.717, 1.165) is 16.8 Å². The third-order valence-electron chi connectivity index (χ3n) is 9.98. The van der Waals surface area contributed by atoms with Crippen LogP contribution in [0.3, 0.4) is 0 Å². The van der Waals surface area contributed by atoms with E-state index in [1.54, 1.807) is 26.9 Å². The average molecular weight is 600 g/mol. The lowest BCUT2D eigenvalue weighted by atomic mass is 9.70. The first-order chi connectivity index (χ1) is 21.1. The minimum Gasteiger partial charge on any atom is -0.394 e. The second-order valence-electron chi connectivity index (χ2n) is 12.5. The van der Waals surface area contributed by atoms with E-state index in [0.29, 0.717) is 24.9 Å². The molecule has 0 saturated carbocycles. The van der Waals surface area contributed by atoms with E-state index in [1.165, 1.54) is 0 Å². The average Bonchev–Trinajstić information content (AvgIpc) is 3.67. The van der Waals surface area contributed by atoms with Crippen molar-refractivity contribution in [2.75, 3.05) is 29.5 Å². The second kappa shape index (κ2) is 12.7. The molecule has 7 atom stereocenters. The standard InChI is InChI=1S/C36H45N3O5/c1-7-19-37(26-13-11-10-12-14-26)33(41)30-29-17-18-36(44-29)31(30)34(42)39(28(22-40)24(5)9-3)32(36)35(43)38(20-8-2)27-21-23(4)15-16-25(27)6/h7-8,10-16,21,24,28-32,40H,1-2,9,17-20,22H2,3-6H3/t24-,28-,29+,30-,31-,32?,36?/m0/s1. The van der Waals surface area contributed by atoms with E-state index >= 15 is 0 Å². The molecule has 5 rings (SSSR count). The fraction of sp³-hybridized carbons (Fsp3) is 0.472. The summed E-state index contributed by atoms with van der Waals surface area (Å²) in [7, 11) is 0. The van der Waals surface area contributed by atoms with E-state index in [9.17, 15) is 19.5 Å². The molecule has 3 aliphatic heterocycles. The van der Waals surface area contributed by atoms with Gasteiger partial charge in [-0.2, -0.15) is 0 Å². The van der Waals surface area contributed by atoms with Crippen LogP contribution in [-0.4, -0.2) is 71.2 Å². The van der Waals surface area contributed by atoms with Gasteiger partial charge in [0, 0.05) is 24.5 Å². The zero-order valence-electron chi connectivity index (χ0n) is 26.3. The Morgan fingerprint density at radius 3 is 2.41 bits per heavy atom. The number of likely N-dealkylation sites (tertiary alicyclic amines) is 1. The number of carbonyl (C=O) groups excluding carboxylic acids is 3. The topological polar surface area (TPSA) is 90.4 Å². The second-order valence-corrected chi connectivity index (χ2v) is 12.5. The SMILES string of the molecule is C=CCN(C(=O)[C@@H]1[C@H]2C(=O)N([C@@H](CO)[C@@H](C)CC)C(C(=O)N(CC=C)c3cc(C)ccc3C)C23CC[C@H]1O3)c1ccccc1. The van der Waals surface area contributed by atoms with Crippen LogP contribution in [-0.2, 0) is 19.1 Å². The maximum Gasteiger partial charge on any atom is 0.253 e.